The van der Waals surface area contributed by atoms with E-state index in [1.807, 2.05) is 44.2 Å². The molecule has 1 fully saturated rings. The predicted octanol–water partition coefficient (Wildman–Crippen LogP) is 1.65. The van der Waals surface area contributed by atoms with Crippen molar-refractivity contribution in [1.82, 2.24) is 0 Å². The molecule has 3 nitrogen and oxygen atoms in total. The van der Waals surface area contributed by atoms with Crippen molar-refractivity contribution in [2.75, 3.05) is 13.2 Å². The maximum absolute atomic E-state index is 11.0. The minimum atomic E-state index is -0.877. The molecule has 1 heterocycles. The molecule has 2 atom stereocenters. The predicted molar refractivity (Wildman–Crippen MR) is 67.5 cm³/mol. The minimum Gasteiger partial charge on any atom is -0.385 e. The Morgan fingerprint density at radius 2 is 2.00 bits per heavy atom. The van der Waals surface area contributed by atoms with Crippen LogP contribution >= 0.6 is 0 Å². The Morgan fingerprint density at radius 1 is 1.35 bits per heavy atom. The fraction of sp³-hybridized carbons (Fsp3) is 0.571. The fourth-order valence-electron chi connectivity index (χ4n) is 2.64. The van der Waals surface area contributed by atoms with E-state index >= 15 is 0 Å². The molecule has 1 aliphatic rings. The minimum absolute atomic E-state index is 0.0436. The van der Waals surface area contributed by atoms with E-state index in [-0.39, 0.29) is 11.5 Å². The van der Waals surface area contributed by atoms with E-state index in [4.69, 9.17) is 10.5 Å². The Labute approximate surface area is 103 Å². The largest absolute Gasteiger partial charge is 0.385 e. The first-order valence-corrected chi connectivity index (χ1v) is 6.10. The highest BCUT2D eigenvalue weighted by atomic mass is 16.5. The van der Waals surface area contributed by atoms with Crippen LogP contribution in [-0.2, 0) is 10.3 Å². The van der Waals surface area contributed by atoms with Crippen LogP contribution in [0.5, 0.6) is 0 Å². The van der Waals surface area contributed by atoms with E-state index < -0.39 is 5.60 Å². The first-order chi connectivity index (χ1) is 7.98. The second-order valence-electron chi connectivity index (χ2n) is 5.47. The lowest BCUT2D eigenvalue weighted by molar-refractivity contribution is -0.182. The van der Waals surface area contributed by atoms with E-state index in [1.165, 1.54) is 0 Å². The van der Waals surface area contributed by atoms with Crippen molar-refractivity contribution in [2.24, 2.45) is 11.7 Å². The molecule has 2 rings (SSSR count). The molecule has 3 heteroatoms. The molecule has 0 aliphatic carbocycles. The molecule has 1 aromatic rings. The molecule has 0 bridgehead atoms. The van der Waals surface area contributed by atoms with Gasteiger partial charge in [-0.25, -0.2) is 0 Å². The molecule has 0 spiro atoms. The van der Waals surface area contributed by atoms with Gasteiger partial charge in [0.2, 0.25) is 0 Å². The Kier molecular flexibility index (Phi) is 3.25. The Hall–Kier alpha value is -0.900. The lowest BCUT2D eigenvalue weighted by Crippen LogP contribution is -2.52. The monoisotopic (exact) mass is 235 g/mol. The van der Waals surface area contributed by atoms with Crippen molar-refractivity contribution in [3.8, 4) is 0 Å². The first kappa shape index (κ1) is 12.6. The number of hydrogen-bond acceptors (Lipinski definition) is 3. The van der Waals surface area contributed by atoms with Crippen LogP contribution in [-0.4, -0.2) is 23.9 Å². The van der Waals surface area contributed by atoms with E-state index in [0.29, 0.717) is 19.6 Å². The Bertz CT molecular complexity index is 377. The fourth-order valence-corrected chi connectivity index (χ4v) is 2.64. The molecule has 0 amide bonds. The highest BCUT2D eigenvalue weighted by Gasteiger charge is 2.46. The number of rotatable bonds is 2. The van der Waals surface area contributed by atoms with Crippen LogP contribution in [0.3, 0.4) is 0 Å². The zero-order valence-electron chi connectivity index (χ0n) is 10.5. The standard InChI is InChI=1S/C14H21NO2/c1-13(2)10-14(16,12(8-15)9-17-13)11-6-4-3-5-7-11/h3-7,12,16H,8-10,15H2,1-2H3. The van der Waals surface area contributed by atoms with Gasteiger partial charge in [0.25, 0.3) is 0 Å². The third-order valence-electron chi connectivity index (χ3n) is 3.60. The summed E-state index contributed by atoms with van der Waals surface area (Å²) in [6.07, 6.45) is 0.575. The van der Waals surface area contributed by atoms with E-state index in [2.05, 4.69) is 0 Å². The van der Waals surface area contributed by atoms with Gasteiger partial charge in [-0.05, 0) is 19.4 Å². The SMILES string of the molecule is CC1(C)CC(O)(c2ccccc2)C(CN)CO1. The summed E-state index contributed by atoms with van der Waals surface area (Å²) < 4.78 is 5.75. The van der Waals surface area contributed by atoms with Crippen molar-refractivity contribution in [2.45, 2.75) is 31.5 Å². The summed E-state index contributed by atoms with van der Waals surface area (Å²) in [7, 11) is 0. The van der Waals surface area contributed by atoms with Gasteiger partial charge < -0.3 is 15.6 Å². The third-order valence-corrected chi connectivity index (χ3v) is 3.60. The second-order valence-corrected chi connectivity index (χ2v) is 5.47. The summed E-state index contributed by atoms with van der Waals surface area (Å²) in [4.78, 5) is 0. The number of ether oxygens (including phenoxy) is 1. The summed E-state index contributed by atoms with van der Waals surface area (Å²) in [6, 6.07) is 9.77. The molecule has 2 unspecified atom stereocenters. The molecule has 0 radical (unpaired) electrons. The molecule has 1 aromatic carbocycles. The van der Waals surface area contributed by atoms with E-state index in [9.17, 15) is 5.11 Å². The van der Waals surface area contributed by atoms with Gasteiger partial charge >= 0.3 is 0 Å². The average Bonchev–Trinajstić information content (AvgIpc) is 2.29. The quantitative estimate of drug-likeness (QED) is 0.819. The molecule has 0 saturated carbocycles. The van der Waals surface area contributed by atoms with Gasteiger partial charge in [0.05, 0.1) is 17.8 Å². The van der Waals surface area contributed by atoms with Gasteiger partial charge in [-0.1, -0.05) is 30.3 Å². The molecule has 1 aliphatic heterocycles. The van der Waals surface area contributed by atoms with E-state index in [0.717, 1.165) is 5.56 Å². The Morgan fingerprint density at radius 3 is 2.59 bits per heavy atom. The molecular weight excluding hydrogens is 214 g/mol. The number of benzene rings is 1. The molecule has 0 aromatic heterocycles. The van der Waals surface area contributed by atoms with Crippen molar-refractivity contribution in [1.29, 1.82) is 0 Å². The van der Waals surface area contributed by atoms with Crippen LogP contribution in [0.25, 0.3) is 0 Å². The zero-order valence-corrected chi connectivity index (χ0v) is 10.5. The van der Waals surface area contributed by atoms with Gasteiger partial charge in [-0.2, -0.15) is 0 Å². The van der Waals surface area contributed by atoms with Gasteiger partial charge in [0, 0.05) is 18.9 Å². The lowest BCUT2D eigenvalue weighted by atomic mass is 9.73. The summed E-state index contributed by atoms with van der Waals surface area (Å²) in [5, 5.41) is 11.0. The summed E-state index contributed by atoms with van der Waals surface area (Å²) in [5.41, 5.74) is 5.52. The van der Waals surface area contributed by atoms with E-state index in [1.54, 1.807) is 0 Å². The van der Waals surface area contributed by atoms with Crippen molar-refractivity contribution in [3.05, 3.63) is 35.9 Å². The first-order valence-electron chi connectivity index (χ1n) is 6.10. The van der Waals surface area contributed by atoms with Crippen LogP contribution in [0.4, 0.5) is 0 Å². The summed E-state index contributed by atoms with van der Waals surface area (Å²) in [5.74, 6) is -0.0436. The van der Waals surface area contributed by atoms with Gasteiger partial charge in [-0.3, -0.25) is 0 Å². The van der Waals surface area contributed by atoms with Gasteiger partial charge in [-0.15, -0.1) is 0 Å². The summed E-state index contributed by atoms with van der Waals surface area (Å²) in [6.45, 7) is 4.96. The lowest BCUT2D eigenvalue weighted by Gasteiger charge is -2.46. The highest BCUT2D eigenvalue weighted by molar-refractivity contribution is 5.25. The smallest absolute Gasteiger partial charge is 0.0985 e. The van der Waals surface area contributed by atoms with Crippen molar-refractivity contribution in [3.63, 3.8) is 0 Å². The maximum atomic E-state index is 11.0. The van der Waals surface area contributed by atoms with Crippen LogP contribution in [0, 0.1) is 5.92 Å². The van der Waals surface area contributed by atoms with Crippen LogP contribution in [0.15, 0.2) is 30.3 Å². The zero-order chi connectivity index (χ0) is 12.5. The van der Waals surface area contributed by atoms with Crippen molar-refractivity contribution >= 4 is 0 Å². The van der Waals surface area contributed by atoms with Gasteiger partial charge in [0.15, 0.2) is 0 Å². The normalized spacial score (nSPS) is 32.4. The van der Waals surface area contributed by atoms with Crippen molar-refractivity contribution < 1.29 is 9.84 Å². The average molecular weight is 235 g/mol. The third kappa shape index (κ3) is 2.37. The highest BCUT2D eigenvalue weighted by Crippen LogP contribution is 2.42. The number of hydrogen-bond donors (Lipinski definition) is 2. The molecule has 94 valence electrons. The maximum Gasteiger partial charge on any atom is 0.0985 e. The second kappa shape index (κ2) is 4.41. The van der Waals surface area contributed by atoms with Crippen LogP contribution in [0.1, 0.15) is 25.8 Å². The molecule has 3 N–H and O–H groups in total. The molecular formula is C14H21NO2. The number of aliphatic hydroxyl groups is 1. The van der Waals surface area contributed by atoms with Crippen LogP contribution < -0.4 is 5.73 Å². The number of nitrogens with two attached hydrogens (primary N) is 1. The topological polar surface area (TPSA) is 55.5 Å². The summed E-state index contributed by atoms with van der Waals surface area (Å²) >= 11 is 0. The molecule has 17 heavy (non-hydrogen) atoms. The Balaban J connectivity index is 2.37. The van der Waals surface area contributed by atoms with Gasteiger partial charge in [0.1, 0.15) is 0 Å². The van der Waals surface area contributed by atoms with Crippen LogP contribution in [0.2, 0.25) is 0 Å². The molecule has 1 saturated heterocycles.